The standard InChI is InChI=1S/C22H26ClN5O3S/c23-18-11-9-17(10-12-18)22-26-14-20(28-22)19(8-4-5-13-27-32(24,30)31)25-15-21(29)16-6-2-1-3-7-16/h1-3,6-7,9-12,14,19,25,27H,4-5,8,13,15H2,(H,26,28)(H2,24,30,31). The highest BCUT2D eigenvalue weighted by atomic mass is 35.5. The number of imidazole rings is 1. The second-order valence-corrected chi connectivity index (χ2v) is 9.17. The van der Waals surface area contributed by atoms with E-state index in [4.69, 9.17) is 16.7 Å². The highest BCUT2D eigenvalue weighted by molar-refractivity contribution is 7.87. The third kappa shape index (κ3) is 7.54. The third-order valence-electron chi connectivity index (χ3n) is 4.92. The van der Waals surface area contributed by atoms with Gasteiger partial charge in [-0.2, -0.15) is 8.42 Å². The molecule has 0 amide bonds. The molecule has 8 nitrogen and oxygen atoms in total. The van der Waals surface area contributed by atoms with Crippen molar-refractivity contribution in [1.29, 1.82) is 0 Å². The first-order valence-electron chi connectivity index (χ1n) is 10.2. The van der Waals surface area contributed by atoms with Crippen LogP contribution < -0.4 is 15.2 Å². The molecule has 3 aromatic rings. The number of halogens is 1. The van der Waals surface area contributed by atoms with E-state index in [1.54, 1.807) is 30.5 Å². The second kappa shape index (κ2) is 11.3. The predicted octanol–water partition coefficient (Wildman–Crippen LogP) is 3.21. The summed E-state index contributed by atoms with van der Waals surface area (Å²) in [4.78, 5) is 20.3. The summed E-state index contributed by atoms with van der Waals surface area (Å²) < 4.78 is 24.3. The van der Waals surface area contributed by atoms with Crippen LogP contribution in [0.3, 0.4) is 0 Å². The third-order valence-corrected chi connectivity index (χ3v) is 5.77. The molecule has 0 aliphatic heterocycles. The fourth-order valence-electron chi connectivity index (χ4n) is 3.26. The molecule has 0 saturated heterocycles. The van der Waals surface area contributed by atoms with Crippen LogP contribution in [-0.4, -0.2) is 37.3 Å². The van der Waals surface area contributed by atoms with Crippen LogP contribution in [0.25, 0.3) is 11.4 Å². The zero-order chi connectivity index (χ0) is 23.0. The number of hydrogen-bond acceptors (Lipinski definition) is 5. The molecule has 1 atom stereocenters. The summed E-state index contributed by atoms with van der Waals surface area (Å²) in [6.07, 6.45) is 3.75. The molecule has 10 heteroatoms. The van der Waals surface area contributed by atoms with Gasteiger partial charge in [0.15, 0.2) is 5.78 Å². The molecule has 1 aromatic heterocycles. The quantitative estimate of drug-likeness (QED) is 0.236. The number of hydrogen-bond donors (Lipinski definition) is 4. The van der Waals surface area contributed by atoms with Crippen LogP contribution in [0.2, 0.25) is 5.02 Å². The Morgan fingerprint density at radius 2 is 1.81 bits per heavy atom. The topological polar surface area (TPSA) is 130 Å². The number of nitrogens with one attached hydrogen (secondary N) is 3. The summed E-state index contributed by atoms with van der Waals surface area (Å²) in [5.41, 5.74) is 2.38. The van der Waals surface area contributed by atoms with Crippen LogP contribution in [0.5, 0.6) is 0 Å². The SMILES string of the molecule is NS(=O)(=O)NCCCCC(NCC(=O)c1ccccc1)c1cnc(-c2ccc(Cl)cc2)[nH]1. The average molecular weight is 476 g/mol. The van der Waals surface area contributed by atoms with Gasteiger partial charge in [0.1, 0.15) is 5.82 Å². The second-order valence-electron chi connectivity index (χ2n) is 7.35. The molecule has 3 rings (SSSR count). The number of carbonyl (C=O) groups excluding carboxylic acids is 1. The van der Waals surface area contributed by atoms with Gasteiger partial charge < -0.3 is 10.3 Å². The van der Waals surface area contributed by atoms with E-state index in [1.807, 2.05) is 30.3 Å². The fraction of sp³-hybridized carbons (Fsp3) is 0.273. The predicted molar refractivity (Wildman–Crippen MR) is 126 cm³/mol. The largest absolute Gasteiger partial charge is 0.341 e. The Bertz CT molecular complexity index is 1120. The van der Waals surface area contributed by atoms with Gasteiger partial charge in [-0.15, -0.1) is 0 Å². The average Bonchev–Trinajstić information content (AvgIpc) is 3.26. The molecule has 1 heterocycles. The summed E-state index contributed by atoms with van der Waals surface area (Å²) >= 11 is 5.96. The molecular weight excluding hydrogens is 450 g/mol. The number of aromatic amines is 1. The Balaban J connectivity index is 1.66. The number of benzene rings is 2. The molecule has 0 aliphatic rings. The van der Waals surface area contributed by atoms with Crippen LogP contribution in [0, 0.1) is 0 Å². The number of aromatic nitrogens is 2. The van der Waals surface area contributed by atoms with E-state index in [0.29, 0.717) is 29.3 Å². The first-order chi connectivity index (χ1) is 15.3. The molecule has 0 aliphatic carbocycles. The first-order valence-corrected chi connectivity index (χ1v) is 12.1. The van der Waals surface area contributed by atoms with Gasteiger partial charge in [-0.25, -0.2) is 14.8 Å². The van der Waals surface area contributed by atoms with Crippen molar-refractivity contribution in [3.63, 3.8) is 0 Å². The molecule has 5 N–H and O–H groups in total. The van der Waals surface area contributed by atoms with E-state index < -0.39 is 10.2 Å². The lowest BCUT2D eigenvalue weighted by molar-refractivity contribution is 0.0986. The lowest BCUT2D eigenvalue weighted by atomic mass is 10.1. The number of carbonyl (C=O) groups is 1. The normalized spacial score (nSPS) is 12.6. The van der Waals surface area contributed by atoms with E-state index in [1.165, 1.54) is 0 Å². The molecule has 32 heavy (non-hydrogen) atoms. The van der Waals surface area contributed by atoms with E-state index in [9.17, 15) is 13.2 Å². The van der Waals surface area contributed by atoms with Gasteiger partial charge in [0, 0.05) is 28.7 Å². The number of Topliss-reactive ketones (excluding diaryl/α,β-unsaturated/α-hetero) is 1. The number of unbranched alkanes of at least 4 members (excludes halogenated alkanes) is 1. The van der Waals surface area contributed by atoms with Crippen molar-refractivity contribution in [3.05, 3.63) is 77.1 Å². The number of H-pyrrole nitrogens is 1. The Morgan fingerprint density at radius 3 is 2.50 bits per heavy atom. The zero-order valence-corrected chi connectivity index (χ0v) is 19.0. The maximum absolute atomic E-state index is 12.5. The smallest absolute Gasteiger partial charge is 0.274 e. The van der Waals surface area contributed by atoms with Crippen LogP contribution >= 0.6 is 11.6 Å². The summed E-state index contributed by atoms with van der Waals surface area (Å²) in [6, 6.07) is 16.3. The van der Waals surface area contributed by atoms with Gasteiger partial charge in [0.2, 0.25) is 0 Å². The van der Waals surface area contributed by atoms with E-state index in [-0.39, 0.29) is 24.9 Å². The van der Waals surface area contributed by atoms with Crippen LogP contribution in [-0.2, 0) is 10.2 Å². The van der Waals surface area contributed by atoms with Crippen LogP contribution in [0.15, 0.2) is 60.8 Å². The maximum Gasteiger partial charge on any atom is 0.274 e. The summed E-state index contributed by atoms with van der Waals surface area (Å²) in [5, 5.41) is 8.92. The van der Waals surface area contributed by atoms with Gasteiger partial charge in [-0.1, -0.05) is 48.4 Å². The molecule has 170 valence electrons. The summed E-state index contributed by atoms with van der Waals surface area (Å²) in [6.45, 7) is 0.424. The van der Waals surface area contributed by atoms with Crippen molar-refractivity contribution in [1.82, 2.24) is 20.0 Å². The van der Waals surface area contributed by atoms with Crippen molar-refractivity contribution in [2.45, 2.75) is 25.3 Å². The van der Waals surface area contributed by atoms with Gasteiger partial charge >= 0.3 is 0 Å². The minimum absolute atomic E-state index is 0.0102. The van der Waals surface area contributed by atoms with Crippen molar-refractivity contribution in [2.75, 3.05) is 13.1 Å². The maximum atomic E-state index is 12.5. The van der Waals surface area contributed by atoms with Crippen molar-refractivity contribution in [2.24, 2.45) is 5.14 Å². The highest BCUT2D eigenvalue weighted by Gasteiger charge is 2.17. The lowest BCUT2D eigenvalue weighted by Gasteiger charge is -2.17. The molecule has 0 spiro atoms. The molecule has 2 aromatic carbocycles. The zero-order valence-electron chi connectivity index (χ0n) is 17.4. The van der Waals surface area contributed by atoms with Crippen LogP contribution in [0.4, 0.5) is 0 Å². The molecule has 1 unspecified atom stereocenters. The molecule has 0 bridgehead atoms. The van der Waals surface area contributed by atoms with Gasteiger partial charge in [-0.3, -0.25) is 4.79 Å². The number of rotatable bonds is 12. The number of ketones is 1. The first kappa shape index (κ1) is 24.1. The number of nitrogens with two attached hydrogens (primary N) is 1. The van der Waals surface area contributed by atoms with Crippen molar-refractivity contribution < 1.29 is 13.2 Å². The van der Waals surface area contributed by atoms with E-state index >= 15 is 0 Å². The lowest BCUT2D eigenvalue weighted by Crippen LogP contribution is -2.31. The number of nitrogens with zero attached hydrogens (tertiary/aromatic N) is 1. The van der Waals surface area contributed by atoms with E-state index in [2.05, 4.69) is 20.0 Å². The Kier molecular flexibility index (Phi) is 8.54. The summed E-state index contributed by atoms with van der Waals surface area (Å²) in [5.74, 6) is 0.692. The van der Waals surface area contributed by atoms with Crippen molar-refractivity contribution in [3.8, 4) is 11.4 Å². The molecule has 0 radical (unpaired) electrons. The van der Waals surface area contributed by atoms with Gasteiger partial charge in [0.05, 0.1) is 18.4 Å². The molecule has 0 saturated carbocycles. The van der Waals surface area contributed by atoms with Crippen molar-refractivity contribution >= 4 is 27.6 Å². The Morgan fingerprint density at radius 1 is 1.09 bits per heavy atom. The Labute approximate surface area is 192 Å². The molecular formula is C22H26ClN5O3S. The minimum Gasteiger partial charge on any atom is -0.341 e. The molecule has 0 fully saturated rings. The fourth-order valence-corrected chi connectivity index (χ4v) is 3.82. The Hall–Kier alpha value is -2.56. The monoisotopic (exact) mass is 475 g/mol. The minimum atomic E-state index is -3.70. The highest BCUT2D eigenvalue weighted by Crippen LogP contribution is 2.23. The van der Waals surface area contributed by atoms with E-state index in [0.717, 1.165) is 17.7 Å². The van der Waals surface area contributed by atoms with Crippen LogP contribution in [0.1, 0.15) is 41.4 Å². The summed E-state index contributed by atoms with van der Waals surface area (Å²) in [7, 11) is -3.70. The van der Waals surface area contributed by atoms with Gasteiger partial charge in [-0.05, 0) is 37.1 Å². The van der Waals surface area contributed by atoms with Gasteiger partial charge in [0.25, 0.3) is 10.2 Å².